The Balaban J connectivity index is 2.86. The van der Waals surface area contributed by atoms with Crippen LogP contribution in [-0.2, 0) is 4.79 Å². The quantitative estimate of drug-likeness (QED) is 0.708. The summed E-state index contributed by atoms with van der Waals surface area (Å²) in [5, 5.41) is 6.33. The fourth-order valence-electron chi connectivity index (χ4n) is 1.73. The van der Waals surface area contributed by atoms with E-state index < -0.39 is 5.54 Å². The lowest BCUT2D eigenvalue weighted by Crippen LogP contribution is -2.36. The highest BCUT2D eigenvalue weighted by atomic mass is 16.1. The van der Waals surface area contributed by atoms with Crippen molar-refractivity contribution in [2.24, 2.45) is 5.73 Å². The number of carbonyl (C=O) groups excluding carboxylic acids is 1. The molecule has 1 aromatic heterocycles. The SMILES string of the molecule is CCNc1cc(NC(C)(C)CC(N)=O)nc(C)n1. The minimum Gasteiger partial charge on any atom is -0.370 e. The molecule has 0 bridgehead atoms. The Hall–Kier alpha value is -1.85. The third kappa shape index (κ3) is 4.57. The number of carbonyl (C=O) groups is 1. The van der Waals surface area contributed by atoms with Gasteiger partial charge in [-0.15, -0.1) is 0 Å². The van der Waals surface area contributed by atoms with Gasteiger partial charge in [0.2, 0.25) is 5.91 Å². The smallest absolute Gasteiger partial charge is 0.219 e. The Bertz CT molecular complexity index is 430. The molecule has 6 nitrogen and oxygen atoms in total. The van der Waals surface area contributed by atoms with Crippen LogP contribution in [-0.4, -0.2) is 28.0 Å². The van der Waals surface area contributed by atoms with Gasteiger partial charge in [0.05, 0.1) is 0 Å². The highest BCUT2D eigenvalue weighted by Gasteiger charge is 2.21. The maximum atomic E-state index is 11.0. The lowest BCUT2D eigenvalue weighted by atomic mass is 10.0. The average molecular weight is 251 g/mol. The van der Waals surface area contributed by atoms with E-state index in [4.69, 9.17) is 5.73 Å². The summed E-state index contributed by atoms with van der Waals surface area (Å²) in [6.45, 7) is 8.43. The molecule has 0 atom stereocenters. The molecule has 100 valence electrons. The van der Waals surface area contributed by atoms with Crippen molar-refractivity contribution in [2.75, 3.05) is 17.2 Å². The van der Waals surface area contributed by atoms with Crippen LogP contribution in [0.25, 0.3) is 0 Å². The molecule has 0 spiro atoms. The second-order valence-electron chi connectivity index (χ2n) is 4.87. The zero-order valence-electron chi connectivity index (χ0n) is 11.4. The Morgan fingerprint density at radius 3 is 2.56 bits per heavy atom. The molecule has 0 unspecified atom stereocenters. The van der Waals surface area contributed by atoms with Gasteiger partial charge in [0, 0.05) is 24.6 Å². The number of nitrogens with zero attached hydrogens (tertiary/aromatic N) is 2. The van der Waals surface area contributed by atoms with Crippen molar-refractivity contribution >= 4 is 17.5 Å². The molecule has 0 radical (unpaired) electrons. The summed E-state index contributed by atoms with van der Waals surface area (Å²) in [6.07, 6.45) is 0.243. The van der Waals surface area contributed by atoms with Crippen molar-refractivity contribution in [1.82, 2.24) is 9.97 Å². The van der Waals surface area contributed by atoms with Crippen LogP contribution in [0.1, 0.15) is 33.0 Å². The molecule has 1 aromatic rings. The van der Waals surface area contributed by atoms with Crippen molar-refractivity contribution in [3.05, 3.63) is 11.9 Å². The van der Waals surface area contributed by atoms with Crippen LogP contribution < -0.4 is 16.4 Å². The Morgan fingerprint density at radius 1 is 1.39 bits per heavy atom. The molecular weight excluding hydrogens is 230 g/mol. The van der Waals surface area contributed by atoms with Gasteiger partial charge in [-0.2, -0.15) is 0 Å². The van der Waals surface area contributed by atoms with Gasteiger partial charge in [0.25, 0.3) is 0 Å². The van der Waals surface area contributed by atoms with Crippen LogP contribution in [0.4, 0.5) is 11.6 Å². The molecule has 0 fully saturated rings. The fraction of sp³-hybridized carbons (Fsp3) is 0.583. The lowest BCUT2D eigenvalue weighted by Gasteiger charge is -2.25. The number of amides is 1. The van der Waals surface area contributed by atoms with E-state index in [-0.39, 0.29) is 12.3 Å². The predicted octanol–water partition coefficient (Wildman–Crippen LogP) is 1.28. The molecule has 0 aliphatic heterocycles. The van der Waals surface area contributed by atoms with Crippen molar-refractivity contribution < 1.29 is 4.79 Å². The third-order valence-corrected chi connectivity index (χ3v) is 2.28. The van der Waals surface area contributed by atoms with Gasteiger partial charge < -0.3 is 16.4 Å². The van der Waals surface area contributed by atoms with Crippen molar-refractivity contribution in [3.8, 4) is 0 Å². The third-order valence-electron chi connectivity index (χ3n) is 2.28. The van der Waals surface area contributed by atoms with Gasteiger partial charge in [-0.3, -0.25) is 4.79 Å². The van der Waals surface area contributed by atoms with E-state index in [0.29, 0.717) is 11.6 Å². The maximum Gasteiger partial charge on any atom is 0.219 e. The minimum atomic E-state index is -0.434. The number of aromatic nitrogens is 2. The van der Waals surface area contributed by atoms with Gasteiger partial charge in [-0.25, -0.2) is 9.97 Å². The molecule has 1 rings (SSSR count). The topological polar surface area (TPSA) is 92.9 Å². The number of primary amides is 1. The van der Waals surface area contributed by atoms with Crippen LogP contribution in [0.15, 0.2) is 6.07 Å². The van der Waals surface area contributed by atoms with Crippen LogP contribution in [0, 0.1) is 6.92 Å². The Kier molecular flexibility index (Phi) is 4.47. The molecule has 1 heterocycles. The van der Waals surface area contributed by atoms with Crippen molar-refractivity contribution in [2.45, 2.75) is 39.7 Å². The van der Waals surface area contributed by atoms with Crippen LogP contribution in [0.5, 0.6) is 0 Å². The number of aryl methyl sites for hydroxylation is 1. The van der Waals surface area contributed by atoms with Crippen molar-refractivity contribution in [1.29, 1.82) is 0 Å². The largest absolute Gasteiger partial charge is 0.370 e. The summed E-state index contributed by atoms with van der Waals surface area (Å²) in [5.41, 5.74) is 4.78. The van der Waals surface area contributed by atoms with E-state index in [1.54, 1.807) is 0 Å². The molecule has 0 aliphatic carbocycles. The first-order valence-electron chi connectivity index (χ1n) is 5.98. The van der Waals surface area contributed by atoms with Crippen LogP contribution in [0.2, 0.25) is 0 Å². The monoisotopic (exact) mass is 251 g/mol. The first-order valence-corrected chi connectivity index (χ1v) is 5.98. The summed E-state index contributed by atoms with van der Waals surface area (Å²) in [5.74, 6) is 1.78. The second kappa shape index (κ2) is 5.66. The summed E-state index contributed by atoms with van der Waals surface area (Å²) in [6, 6.07) is 1.82. The fourth-order valence-corrected chi connectivity index (χ4v) is 1.73. The van der Waals surface area contributed by atoms with Gasteiger partial charge in [-0.05, 0) is 27.7 Å². The summed E-state index contributed by atoms with van der Waals surface area (Å²) >= 11 is 0. The number of nitrogens with two attached hydrogens (primary N) is 1. The Labute approximate surface area is 107 Å². The standard InChI is InChI=1S/C12H21N5O/c1-5-14-10-6-11(16-8(2)15-10)17-12(3,4)7-9(13)18/h6H,5,7H2,1-4H3,(H2,13,18)(H2,14,15,16,17). The number of rotatable bonds is 6. The van der Waals surface area contributed by atoms with E-state index in [2.05, 4.69) is 20.6 Å². The highest BCUT2D eigenvalue weighted by molar-refractivity contribution is 5.75. The molecule has 0 aromatic carbocycles. The van der Waals surface area contributed by atoms with E-state index in [1.165, 1.54) is 0 Å². The van der Waals surface area contributed by atoms with Crippen LogP contribution >= 0.6 is 0 Å². The first-order chi connectivity index (χ1) is 8.32. The summed E-state index contributed by atoms with van der Waals surface area (Å²) in [4.78, 5) is 19.5. The molecule has 1 amide bonds. The molecule has 4 N–H and O–H groups in total. The number of nitrogens with one attached hydrogen (secondary N) is 2. The van der Waals surface area contributed by atoms with Crippen LogP contribution in [0.3, 0.4) is 0 Å². The minimum absolute atomic E-state index is 0.243. The number of hydrogen-bond acceptors (Lipinski definition) is 5. The van der Waals surface area contributed by atoms with Gasteiger partial charge in [0.1, 0.15) is 17.5 Å². The summed E-state index contributed by atoms with van der Waals surface area (Å²) in [7, 11) is 0. The molecular formula is C12H21N5O. The maximum absolute atomic E-state index is 11.0. The van der Waals surface area contributed by atoms with E-state index in [9.17, 15) is 4.79 Å². The molecule has 0 aliphatic rings. The second-order valence-corrected chi connectivity index (χ2v) is 4.87. The predicted molar refractivity (Wildman–Crippen MR) is 72.4 cm³/mol. The van der Waals surface area contributed by atoms with Gasteiger partial charge in [-0.1, -0.05) is 0 Å². The molecule has 0 saturated heterocycles. The van der Waals surface area contributed by atoms with Gasteiger partial charge >= 0.3 is 0 Å². The first kappa shape index (κ1) is 14.2. The van der Waals surface area contributed by atoms with E-state index in [1.807, 2.05) is 33.8 Å². The highest BCUT2D eigenvalue weighted by Crippen LogP contribution is 2.18. The molecule has 18 heavy (non-hydrogen) atoms. The molecule has 0 saturated carbocycles. The number of anilines is 2. The van der Waals surface area contributed by atoms with Gasteiger partial charge in [0.15, 0.2) is 0 Å². The zero-order valence-corrected chi connectivity index (χ0v) is 11.4. The number of hydrogen-bond donors (Lipinski definition) is 3. The summed E-state index contributed by atoms with van der Waals surface area (Å²) < 4.78 is 0. The zero-order chi connectivity index (χ0) is 13.8. The molecule has 6 heteroatoms. The normalized spacial score (nSPS) is 11.1. The average Bonchev–Trinajstić information content (AvgIpc) is 2.12. The Morgan fingerprint density at radius 2 is 2.00 bits per heavy atom. The van der Waals surface area contributed by atoms with E-state index in [0.717, 1.165) is 12.4 Å². The van der Waals surface area contributed by atoms with E-state index >= 15 is 0 Å². The lowest BCUT2D eigenvalue weighted by molar-refractivity contribution is -0.118. The van der Waals surface area contributed by atoms with Crippen molar-refractivity contribution in [3.63, 3.8) is 0 Å².